The van der Waals surface area contributed by atoms with Gasteiger partial charge in [0, 0.05) is 24.9 Å². The summed E-state index contributed by atoms with van der Waals surface area (Å²) < 4.78 is 11.4. The second-order valence-electron chi connectivity index (χ2n) is 5.07. The summed E-state index contributed by atoms with van der Waals surface area (Å²) >= 11 is 1.41. The monoisotopic (exact) mass is 365 g/mol. The molecular formula is C15H19N5O4S. The van der Waals surface area contributed by atoms with E-state index in [0.717, 1.165) is 5.56 Å². The molecule has 25 heavy (non-hydrogen) atoms. The highest BCUT2D eigenvalue weighted by atomic mass is 32.2. The van der Waals surface area contributed by atoms with Crippen molar-refractivity contribution in [3.63, 3.8) is 0 Å². The van der Waals surface area contributed by atoms with Crippen LogP contribution >= 0.6 is 11.8 Å². The van der Waals surface area contributed by atoms with Crippen LogP contribution in [0.3, 0.4) is 0 Å². The van der Waals surface area contributed by atoms with Crippen molar-refractivity contribution in [2.24, 2.45) is 7.05 Å². The van der Waals surface area contributed by atoms with Crippen molar-refractivity contribution in [1.82, 2.24) is 20.2 Å². The van der Waals surface area contributed by atoms with Gasteiger partial charge in [-0.25, -0.2) is 9.48 Å². The Kier molecular flexibility index (Phi) is 6.75. The van der Waals surface area contributed by atoms with Crippen LogP contribution in [0.1, 0.15) is 12.0 Å². The highest BCUT2D eigenvalue weighted by Gasteiger charge is 2.09. The van der Waals surface area contributed by atoms with Gasteiger partial charge in [-0.2, -0.15) is 0 Å². The van der Waals surface area contributed by atoms with Crippen molar-refractivity contribution < 1.29 is 19.1 Å². The molecule has 2 aromatic rings. The number of anilines is 1. The number of aryl methyl sites for hydroxylation is 2. The first kappa shape index (κ1) is 18.7. The summed E-state index contributed by atoms with van der Waals surface area (Å²) in [5.74, 6) is 0.546. The summed E-state index contributed by atoms with van der Waals surface area (Å²) in [5, 5.41) is 14.6. The van der Waals surface area contributed by atoms with E-state index in [0.29, 0.717) is 28.8 Å². The molecular weight excluding hydrogens is 346 g/mol. The standard InChI is InChI=1S/C15H19N5O4S/c1-10-8-11(24-9-14(22)23-3)4-5-12(10)16-13(21)6-7-25-15-17-18-19-20(15)2/h4-5,8H,6-7,9H2,1-3H3,(H,16,21). The molecule has 9 nitrogen and oxygen atoms in total. The number of carbonyl (C=O) groups is 2. The molecule has 10 heteroatoms. The number of esters is 1. The summed E-state index contributed by atoms with van der Waals surface area (Å²) in [7, 11) is 3.05. The van der Waals surface area contributed by atoms with E-state index >= 15 is 0 Å². The normalized spacial score (nSPS) is 10.4. The van der Waals surface area contributed by atoms with Gasteiger partial charge in [0.2, 0.25) is 11.1 Å². The van der Waals surface area contributed by atoms with Gasteiger partial charge in [0.1, 0.15) is 5.75 Å². The first-order chi connectivity index (χ1) is 12.0. The van der Waals surface area contributed by atoms with E-state index in [9.17, 15) is 9.59 Å². The number of tetrazole rings is 1. The summed E-state index contributed by atoms with van der Waals surface area (Å²) in [6.45, 7) is 1.69. The quantitative estimate of drug-likeness (QED) is 0.549. The van der Waals surface area contributed by atoms with Crippen LogP contribution in [-0.4, -0.2) is 51.6 Å². The highest BCUT2D eigenvalue weighted by molar-refractivity contribution is 7.99. The van der Waals surface area contributed by atoms with Gasteiger partial charge >= 0.3 is 5.97 Å². The smallest absolute Gasteiger partial charge is 0.343 e. The van der Waals surface area contributed by atoms with E-state index < -0.39 is 5.97 Å². The average Bonchev–Trinajstić information content (AvgIpc) is 3.00. The zero-order chi connectivity index (χ0) is 18.2. The third-order valence-electron chi connectivity index (χ3n) is 3.20. The lowest BCUT2D eigenvalue weighted by molar-refractivity contribution is -0.142. The van der Waals surface area contributed by atoms with Crippen LogP contribution in [-0.2, 0) is 21.4 Å². The lowest BCUT2D eigenvalue weighted by atomic mass is 10.2. The Morgan fingerprint density at radius 2 is 2.16 bits per heavy atom. The van der Waals surface area contributed by atoms with Crippen molar-refractivity contribution in [3.8, 4) is 5.75 Å². The van der Waals surface area contributed by atoms with Gasteiger partial charge in [-0.15, -0.1) is 5.10 Å². The van der Waals surface area contributed by atoms with Gasteiger partial charge in [0.25, 0.3) is 0 Å². The van der Waals surface area contributed by atoms with Crippen LogP contribution in [0.4, 0.5) is 5.69 Å². The number of methoxy groups -OCH3 is 1. The first-order valence-corrected chi connectivity index (χ1v) is 8.43. The van der Waals surface area contributed by atoms with Gasteiger partial charge in [0.15, 0.2) is 6.61 Å². The van der Waals surface area contributed by atoms with Gasteiger partial charge < -0.3 is 14.8 Å². The summed E-state index contributed by atoms with van der Waals surface area (Å²) in [4.78, 5) is 23.1. The van der Waals surface area contributed by atoms with E-state index in [1.165, 1.54) is 18.9 Å². The molecule has 0 spiro atoms. The van der Waals surface area contributed by atoms with Crippen LogP contribution in [0.25, 0.3) is 0 Å². The molecule has 0 saturated carbocycles. The molecule has 1 N–H and O–H groups in total. The topological polar surface area (TPSA) is 108 Å². The molecule has 1 aromatic heterocycles. The Bertz CT molecular complexity index is 749. The number of hydrogen-bond donors (Lipinski definition) is 1. The van der Waals surface area contributed by atoms with Crippen LogP contribution in [0.2, 0.25) is 0 Å². The number of aromatic nitrogens is 4. The molecule has 0 radical (unpaired) electrons. The summed E-state index contributed by atoms with van der Waals surface area (Å²) in [5.41, 5.74) is 1.53. The molecule has 0 unspecified atom stereocenters. The number of ether oxygens (including phenoxy) is 2. The largest absolute Gasteiger partial charge is 0.482 e. The third kappa shape index (κ3) is 5.75. The molecule has 0 aliphatic carbocycles. The highest BCUT2D eigenvalue weighted by Crippen LogP contribution is 2.22. The van der Waals surface area contributed by atoms with Crippen molar-refractivity contribution in [1.29, 1.82) is 0 Å². The molecule has 0 atom stereocenters. The SMILES string of the molecule is COC(=O)COc1ccc(NC(=O)CCSc2nnnn2C)c(C)c1. The fourth-order valence-corrected chi connectivity index (χ4v) is 2.65. The molecule has 0 fully saturated rings. The van der Waals surface area contributed by atoms with Crippen molar-refractivity contribution in [3.05, 3.63) is 23.8 Å². The van der Waals surface area contributed by atoms with Gasteiger partial charge in [-0.05, 0) is 41.1 Å². The Morgan fingerprint density at radius 1 is 1.36 bits per heavy atom. The number of hydrogen-bond acceptors (Lipinski definition) is 8. The summed E-state index contributed by atoms with van der Waals surface area (Å²) in [6.07, 6.45) is 0.331. The Labute approximate surface area is 149 Å². The van der Waals surface area contributed by atoms with E-state index in [4.69, 9.17) is 4.74 Å². The number of rotatable bonds is 8. The minimum Gasteiger partial charge on any atom is -0.482 e. The number of benzene rings is 1. The predicted octanol–water partition coefficient (Wildman–Crippen LogP) is 1.19. The molecule has 1 heterocycles. The fraction of sp³-hybridized carbons (Fsp3) is 0.400. The lowest BCUT2D eigenvalue weighted by Crippen LogP contribution is -2.14. The zero-order valence-electron chi connectivity index (χ0n) is 14.2. The minimum atomic E-state index is -0.453. The van der Waals surface area contributed by atoms with Gasteiger partial charge in [0.05, 0.1) is 7.11 Å². The molecule has 2 rings (SSSR count). The van der Waals surface area contributed by atoms with Gasteiger partial charge in [-0.1, -0.05) is 11.8 Å². The number of carbonyl (C=O) groups excluding carboxylic acids is 2. The molecule has 0 saturated heterocycles. The van der Waals surface area contributed by atoms with Crippen LogP contribution in [0, 0.1) is 6.92 Å². The van der Waals surface area contributed by atoms with Gasteiger partial charge in [-0.3, -0.25) is 4.79 Å². The lowest BCUT2D eigenvalue weighted by Gasteiger charge is -2.11. The van der Waals surface area contributed by atoms with E-state index in [-0.39, 0.29) is 12.5 Å². The second kappa shape index (κ2) is 9.02. The van der Waals surface area contributed by atoms with E-state index in [1.54, 1.807) is 29.9 Å². The molecule has 1 aromatic carbocycles. The van der Waals surface area contributed by atoms with Crippen LogP contribution < -0.4 is 10.1 Å². The fourth-order valence-electron chi connectivity index (χ4n) is 1.86. The predicted molar refractivity (Wildman–Crippen MR) is 91.5 cm³/mol. The van der Waals surface area contributed by atoms with Crippen molar-refractivity contribution in [2.45, 2.75) is 18.5 Å². The number of nitrogens with one attached hydrogen (secondary N) is 1. The third-order valence-corrected chi connectivity index (χ3v) is 4.21. The summed E-state index contributed by atoms with van der Waals surface area (Å²) in [6, 6.07) is 5.17. The maximum Gasteiger partial charge on any atom is 0.343 e. The molecule has 0 aliphatic heterocycles. The Balaban J connectivity index is 1.81. The molecule has 134 valence electrons. The molecule has 1 amide bonds. The number of amides is 1. The van der Waals surface area contributed by atoms with E-state index in [2.05, 4.69) is 25.6 Å². The van der Waals surface area contributed by atoms with Crippen LogP contribution in [0.15, 0.2) is 23.4 Å². The van der Waals surface area contributed by atoms with Crippen molar-refractivity contribution >= 4 is 29.3 Å². The molecule has 0 bridgehead atoms. The van der Waals surface area contributed by atoms with Crippen molar-refractivity contribution in [2.75, 3.05) is 24.8 Å². The Morgan fingerprint density at radius 3 is 2.80 bits per heavy atom. The van der Waals surface area contributed by atoms with Crippen LogP contribution in [0.5, 0.6) is 5.75 Å². The first-order valence-electron chi connectivity index (χ1n) is 7.45. The van der Waals surface area contributed by atoms with E-state index in [1.807, 2.05) is 6.92 Å². The Hall–Kier alpha value is -2.62. The minimum absolute atomic E-state index is 0.103. The maximum atomic E-state index is 12.0. The molecule has 0 aliphatic rings. The second-order valence-corrected chi connectivity index (χ2v) is 6.14. The number of nitrogens with zero attached hydrogens (tertiary/aromatic N) is 4. The maximum absolute atomic E-state index is 12.0. The zero-order valence-corrected chi connectivity index (χ0v) is 15.0. The average molecular weight is 365 g/mol. The number of thioether (sulfide) groups is 1.